The van der Waals surface area contributed by atoms with Gasteiger partial charge in [-0.1, -0.05) is 6.92 Å². The molecule has 2 rings (SSSR count). The van der Waals surface area contributed by atoms with Crippen molar-refractivity contribution < 1.29 is 0 Å². The van der Waals surface area contributed by atoms with Crippen LogP contribution in [0.1, 0.15) is 30.0 Å². The van der Waals surface area contributed by atoms with Crippen LogP contribution in [0.4, 0.5) is 0 Å². The Labute approximate surface area is 120 Å². The van der Waals surface area contributed by atoms with E-state index in [0.29, 0.717) is 0 Å². The average molecular weight is 326 g/mol. The smallest absolute Gasteiger partial charge is 0.115 e. The summed E-state index contributed by atoms with van der Waals surface area (Å²) in [6.45, 7) is 3.17. The van der Waals surface area contributed by atoms with E-state index in [-0.39, 0.29) is 6.04 Å². The van der Waals surface area contributed by atoms with Crippen LogP contribution in [-0.4, -0.2) is 16.5 Å². The predicted octanol–water partition coefficient (Wildman–Crippen LogP) is 3.58. The molecule has 1 N–H and O–H groups in total. The van der Waals surface area contributed by atoms with Gasteiger partial charge in [-0.15, -0.1) is 11.3 Å². The molecule has 2 aromatic rings. The molecule has 5 heteroatoms. The zero-order valence-electron chi connectivity index (χ0n) is 10.3. The summed E-state index contributed by atoms with van der Waals surface area (Å²) in [5.74, 6) is 0. The van der Waals surface area contributed by atoms with Crippen LogP contribution >= 0.6 is 27.3 Å². The van der Waals surface area contributed by atoms with E-state index in [0.717, 1.165) is 25.1 Å². The molecule has 0 bridgehead atoms. The molecule has 1 unspecified atom stereocenters. The lowest BCUT2D eigenvalue weighted by Crippen LogP contribution is -2.24. The maximum atomic E-state index is 4.36. The molecule has 96 valence electrons. The van der Waals surface area contributed by atoms with E-state index in [9.17, 15) is 0 Å². The van der Waals surface area contributed by atoms with Crippen LogP contribution < -0.4 is 5.32 Å². The largest absolute Gasteiger partial charge is 0.308 e. The zero-order chi connectivity index (χ0) is 12.8. The van der Waals surface area contributed by atoms with Gasteiger partial charge < -0.3 is 5.32 Å². The van der Waals surface area contributed by atoms with Crippen molar-refractivity contribution in [2.75, 3.05) is 6.54 Å². The zero-order valence-corrected chi connectivity index (χ0v) is 12.7. The van der Waals surface area contributed by atoms with Crippen molar-refractivity contribution in [2.24, 2.45) is 0 Å². The van der Waals surface area contributed by atoms with Crippen LogP contribution in [0, 0.1) is 0 Å². The summed E-state index contributed by atoms with van der Waals surface area (Å²) >= 11 is 5.36. The number of hydrogen-bond donors (Lipinski definition) is 1. The molecule has 0 amide bonds. The monoisotopic (exact) mass is 325 g/mol. The van der Waals surface area contributed by atoms with E-state index in [4.69, 9.17) is 0 Å². The quantitative estimate of drug-likeness (QED) is 0.882. The van der Waals surface area contributed by atoms with Crippen LogP contribution in [-0.2, 0) is 6.42 Å². The van der Waals surface area contributed by atoms with Crippen molar-refractivity contribution in [3.05, 3.63) is 45.1 Å². The molecular formula is C13H16BrN3S. The highest BCUT2D eigenvalue weighted by Gasteiger charge is 2.15. The molecule has 0 aliphatic rings. The lowest BCUT2D eigenvalue weighted by molar-refractivity contribution is 0.519. The van der Waals surface area contributed by atoms with Crippen molar-refractivity contribution in [1.82, 2.24) is 15.3 Å². The fourth-order valence-corrected chi connectivity index (χ4v) is 3.32. The van der Waals surface area contributed by atoms with E-state index in [2.05, 4.69) is 49.6 Å². The molecule has 0 radical (unpaired) electrons. The Morgan fingerprint density at radius 1 is 1.44 bits per heavy atom. The number of aromatic nitrogens is 2. The molecule has 0 aliphatic heterocycles. The summed E-state index contributed by atoms with van der Waals surface area (Å²) in [4.78, 5) is 9.68. The Balaban J connectivity index is 2.13. The van der Waals surface area contributed by atoms with Crippen LogP contribution in [0.5, 0.6) is 0 Å². The average Bonchev–Trinajstić information content (AvgIpc) is 2.81. The predicted molar refractivity (Wildman–Crippen MR) is 78.8 cm³/mol. The Kier molecular flexibility index (Phi) is 5.28. The normalized spacial score (nSPS) is 12.6. The van der Waals surface area contributed by atoms with Gasteiger partial charge in [0.25, 0.3) is 0 Å². The minimum absolute atomic E-state index is 0.253. The lowest BCUT2D eigenvalue weighted by atomic mass is 10.1. The number of nitrogens with zero attached hydrogens (tertiary/aromatic N) is 2. The van der Waals surface area contributed by atoms with Crippen LogP contribution in [0.15, 0.2) is 34.5 Å². The molecule has 0 saturated heterocycles. The van der Waals surface area contributed by atoms with Gasteiger partial charge in [-0.05, 0) is 46.4 Å². The molecule has 1 atom stereocenters. The Morgan fingerprint density at radius 3 is 2.94 bits per heavy atom. The fraction of sp³-hybridized carbons (Fsp3) is 0.385. The topological polar surface area (TPSA) is 37.8 Å². The van der Waals surface area contributed by atoms with Gasteiger partial charge in [-0.25, -0.2) is 9.97 Å². The second-order valence-corrected chi connectivity index (χ2v) is 5.89. The first-order valence-corrected chi connectivity index (χ1v) is 7.69. The Morgan fingerprint density at radius 2 is 2.33 bits per heavy atom. The summed E-state index contributed by atoms with van der Waals surface area (Å²) in [7, 11) is 0. The number of nitrogens with one attached hydrogen (secondary N) is 1. The van der Waals surface area contributed by atoms with Gasteiger partial charge in [0.15, 0.2) is 0 Å². The number of thiophene rings is 1. The van der Waals surface area contributed by atoms with Crippen molar-refractivity contribution >= 4 is 27.3 Å². The number of halogens is 1. The van der Waals surface area contributed by atoms with Gasteiger partial charge in [-0.2, -0.15) is 0 Å². The third-order valence-electron chi connectivity index (χ3n) is 2.68. The summed E-state index contributed by atoms with van der Waals surface area (Å²) in [5, 5.41) is 5.65. The molecule has 18 heavy (non-hydrogen) atoms. The molecule has 2 heterocycles. The summed E-state index contributed by atoms with van der Waals surface area (Å²) in [6, 6.07) is 4.33. The highest BCUT2D eigenvalue weighted by atomic mass is 79.9. The Hall–Kier alpha value is -0.780. The highest BCUT2D eigenvalue weighted by molar-refractivity contribution is 9.10. The minimum Gasteiger partial charge on any atom is -0.308 e. The summed E-state index contributed by atoms with van der Waals surface area (Å²) in [5.41, 5.74) is 1.05. The molecule has 0 aliphatic carbocycles. The first kappa shape index (κ1) is 13.6. The van der Waals surface area contributed by atoms with E-state index in [1.807, 2.05) is 6.07 Å². The van der Waals surface area contributed by atoms with Crippen LogP contribution in [0.2, 0.25) is 0 Å². The van der Waals surface area contributed by atoms with Crippen molar-refractivity contribution in [3.8, 4) is 0 Å². The molecule has 3 nitrogen and oxygen atoms in total. The second kappa shape index (κ2) is 6.97. The minimum atomic E-state index is 0.253. The third-order valence-corrected chi connectivity index (χ3v) is 4.63. The van der Waals surface area contributed by atoms with Crippen LogP contribution in [0.3, 0.4) is 0 Å². The second-order valence-electron chi connectivity index (χ2n) is 4.04. The van der Waals surface area contributed by atoms with E-state index in [1.54, 1.807) is 23.9 Å². The lowest BCUT2D eigenvalue weighted by Gasteiger charge is -2.17. The summed E-state index contributed by atoms with van der Waals surface area (Å²) < 4.78 is 1.19. The first-order chi connectivity index (χ1) is 8.81. The molecule has 2 aromatic heterocycles. The number of hydrogen-bond acceptors (Lipinski definition) is 4. The molecule has 0 fully saturated rings. The van der Waals surface area contributed by atoms with Crippen molar-refractivity contribution in [2.45, 2.75) is 25.8 Å². The fourth-order valence-electron chi connectivity index (χ4n) is 1.76. The maximum Gasteiger partial charge on any atom is 0.115 e. The van der Waals surface area contributed by atoms with Gasteiger partial charge >= 0.3 is 0 Å². The van der Waals surface area contributed by atoms with Gasteiger partial charge in [0, 0.05) is 22.0 Å². The van der Waals surface area contributed by atoms with Gasteiger partial charge in [0.05, 0.1) is 11.7 Å². The molecular weight excluding hydrogens is 310 g/mol. The molecule has 0 aromatic carbocycles. The van der Waals surface area contributed by atoms with E-state index >= 15 is 0 Å². The first-order valence-electron chi connectivity index (χ1n) is 6.02. The van der Waals surface area contributed by atoms with Crippen molar-refractivity contribution in [1.29, 1.82) is 0 Å². The summed E-state index contributed by atoms with van der Waals surface area (Å²) in [6.07, 6.45) is 5.48. The Bertz CT molecular complexity index is 472. The SMILES string of the molecule is CCCNC(Cc1sccc1Br)c1ccncn1. The van der Waals surface area contributed by atoms with E-state index < -0.39 is 0 Å². The van der Waals surface area contributed by atoms with Crippen LogP contribution in [0.25, 0.3) is 0 Å². The maximum absolute atomic E-state index is 4.36. The van der Waals surface area contributed by atoms with Gasteiger partial charge in [-0.3, -0.25) is 0 Å². The highest BCUT2D eigenvalue weighted by Crippen LogP contribution is 2.27. The molecule has 0 spiro atoms. The third kappa shape index (κ3) is 3.60. The standard InChI is InChI=1S/C13H16BrN3S/c1-2-5-16-12(11-3-6-15-9-17-11)8-13-10(14)4-7-18-13/h3-4,6-7,9,12,16H,2,5,8H2,1H3. The van der Waals surface area contributed by atoms with Gasteiger partial charge in [0.1, 0.15) is 6.33 Å². The molecule has 0 saturated carbocycles. The van der Waals surface area contributed by atoms with E-state index in [1.165, 1.54) is 9.35 Å². The van der Waals surface area contributed by atoms with Gasteiger partial charge in [0.2, 0.25) is 0 Å². The van der Waals surface area contributed by atoms with Crippen molar-refractivity contribution in [3.63, 3.8) is 0 Å². The number of rotatable bonds is 6.